The number of esters is 1. The van der Waals surface area contributed by atoms with Gasteiger partial charge in [-0.05, 0) is 32.2 Å². The predicted octanol–water partition coefficient (Wildman–Crippen LogP) is 1.85. The Morgan fingerprint density at radius 3 is 2.38 bits per heavy atom. The Hall–Kier alpha value is -1.61. The second-order valence-electron chi connectivity index (χ2n) is 3.86. The second kappa shape index (κ2) is 7.41. The molecule has 0 spiro atoms. The van der Waals surface area contributed by atoms with Crippen LogP contribution in [0.1, 0.15) is 20.8 Å². The average Bonchev–Trinajstić information content (AvgIpc) is 2.93. The van der Waals surface area contributed by atoms with E-state index in [4.69, 9.17) is 9.47 Å². The maximum atomic E-state index is 12.5. The lowest BCUT2D eigenvalue weighted by Gasteiger charge is -2.25. The molecule has 0 N–H and O–H groups in total. The van der Waals surface area contributed by atoms with E-state index in [2.05, 4.69) is 0 Å². The molecule has 7 nitrogen and oxygen atoms in total. The minimum absolute atomic E-state index is 0.00909. The van der Waals surface area contributed by atoms with Crippen molar-refractivity contribution in [1.29, 1.82) is 0 Å². The van der Waals surface area contributed by atoms with Gasteiger partial charge in [-0.2, -0.15) is 12.7 Å². The molecule has 1 rings (SSSR count). The van der Waals surface area contributed by atoms with Gasteiger partial charge in [-0.15, -0.1) is 11.3 Å². The van der Waals surface area contributed by atoms with Gasteiger partial charge in [-0.1, -0.05) is 6.07 Å². The van der Waals surface area contributed by atoms with Crippen molar-refractivity contribution in [2.75, 3.05) is 13.2 Å². The number of ether oxygens (including phenoxy) is 2. The van der Waals surface area contributed by atoms with Gasteiger partial charge in [0, 0.05) is 0 Å². The Morgan fingerprint density at radius 2 is 1.90 bits per heavy atom. The zero-order valence-electron chi connectivity index (χ0n) is 11.9. The van der Waals surface area contributed by atoms with E-state index >= 15 is 0 Å². The minimum Gasteiger partial charge on any atom is -0.464 e. The van der Waals surface area contributed by atoms with E-state index in [1.807, 2.05) is 0 Å². The van der Waals surface area contributed by atoms with Crippen LogP contribution >= 0.6 is 11.3 Å². The first-order valence-corrected chi connectivity index (χ1v) is 8.59. The lowest BCUT2D eigenvalue weighted by Crippen LogP contribution is -2.47. The summed E-state index contributed by atoms with van der Waals surface area (Å²) in [5.74, 6) is -0.814. The van der Waals surface area contributed by atoms with E-state index in [0.717, 1.165) is 11.3 Å². The van der Waals surface area contributed by atoms with Crippen LogP contribution in [0.5, 0.6) is 0 Å². The molecule has 9 heteroatoms. The Bertz CT molecular complexity index is 581. The molecule has 1 amide bonds. The van der Waals surface area contributed by atoms with Crippen LogP contribution in [0.4, 0.5) is 4.79 Å². The molecular formula is C12H17NO6S2. The van der Waals surface area contributed by atoms with Crippen molar-refractivity contribution in [3.8, 4) is 0 Å². The van der Waals surface area contributed by atoms with Crippen LogP contribution in [0.2, 0.25) is 0 Å². The highest BCUT2D eigenvalue weighted by molar-refractivity contribution is 7.91. The summed E-state index contributed by atoms with van der Waals surface area (Å²) in [5, 5.41) is 1.56. The van der Waals surface area contributed by atoms with Gasteiger partial charge < -0.3 is 9.47 Å². The lowest BCUT2D eigenvalue weighted by molar-refractivity contribution is -0.146. The Balaban J connectivity index is 3.20. The number of rotatable bonds is 6. The van der Waals surface area contributed by atoms with Crippen molar-refractivity contribution in [3.05, 3.63) is 17.5 Å². The number of carbonyl (C=O) groups excluding carboxylic acids is 2. The highest BCUT2D eigenvalue weighted by Gasteiger charge is 2.39. The third-order valence-electron chi connectivity index (χ3n) is 2.44. The van der Waals surface area contributed by atoms with Crippen molar-refractivity contribution >= 4 is 33.4 Å². The van der Waals surface area contributed by atoms with Gasteiger partial charge in [-0.25, -0.2) is 9.59 Å². The smallest absolute Gasteiger partial charge is 0.424 e. The molecule has 1 heterocycles. The summed E-state index contributed by atoms with van der Waals surface area (Å²) in [4.78, 5) is 23.7. The molecule has 0 radical (unpaired) electrons. The van der Waals surface area contributed by atoms with Crippen molar-refractivity contribution in [1.82, 2.24) is 4.31 Å². The van der Waals surface area contributed by atoms with Crippen molar-refractivity contribution in [2.45, 2.75) is 31.0 Å². The van der Waals surface area contributed by atoms with E-state index in [0.29, 0.717) is 4.31 Å². The molecule has 0 aromatic carbocycles. The third-order valence-corrected chi connectivity index (χ3v) is 5.65. The zero-order valence-corrected chi connectivity index (χ0v) is 13.6. The van der Waals surface area contributed by atoms with E-state index in [1.165, 1.54) is 19.1 Å². The van der Waals surface area contributed by atoms with Gasteiger partial charge in [0.1, 0.15) is 10.3 Å². The zero-order chi connectivity index (χ0) is 16.0. The molecule has 21 heavy (non-hydrogen) atoms. The minimum atomic E-state index is -4.17. The van der Waals surface area contributed by atoms with Crippen LogP contribution in [0.3, 0.4) is 0 Å². The summed E-state index contributed by atoms with van der Waals surface area (Å²) in [5.41, 5.74) is 0. The number of nitrogens with zero attached hydrogens (tertiary/aromatic N) is 1. The van der Waals surface area contributed by atoms with E-state index in [9.17, 15) is 18.0 Å². The van der Waals surface area contributed by atoms with Crippen molar-refractivity contribution < 1.29 is 27.5 Å². The van der Waals surface area contributed by atoms with E-state index < -0.39 is 28.1 Å². The topological polar surface area (TPSA) is 90.0 Å². The fraction of sp³-hybridized carbons (Fsp3) is 0.500. The van der Waals surface area contributed by atoms with E-state index in [-0.39, 0.29) is 17.4 Å². The average molecular weight is 335 g/mol. The molecule has 0 fully saturated rings. The molecule has 0 aliphatic carbocycles. The molecular weight excluding hydrogens is 318 g/mol. The van der Waals surface area contributed by atoms with Crippen LogP contribution in [-0.2, 0) is 24.3 Å². The third kappa shape index (κ3) is 3.94. The van der Waals surface area contributed by atoms with Crippen LogP contribution in [0, 0.1) is 0 Å². The molecule has 1 atom stereocenters. The van der Waals surface area contributed by atoms with E-state index in [1.54, 1.807) is 19.2 Å². The first-order valence-electron chi connectivity index (χ1n) is 6.27. The van der Waals surface area contributed by atoms with Gasteiger partial charge in [-0.3, -0.25) is 0 Å². The highest BCUT2D eigenvalue weighted by atomic mass is 32.2. The molecule has 1 aromatic heterocycles. The molecule has 1 unspecified atom stereocenters. The van der Waals surface area contributed by atoms with Gasteiger partial charge in [0.2, 0.25) is 0 Å². The van der Waals surface area contributed by atoms with Crippen molar-refractivity contribution in [3.63, 3.8) is 0 Å². The SMILES string of the molecule is CCOC(=O)C(C)N(C(=O)OCC)S(=O)(=O)c1cccs1. The molecule has 0 aliphatic rings. The maximum Gasteiger partial charge on any atom is 0.424 e. The summed E-state index contributed by atoms with van der Waals surface area (Å²) in [6.07, 6.45) is -1.11. The number of amides is 1. The molecule has 1 aromatic rings. The molecule has 0 saturated heterocycles. The monoisotopic (exact) mass is 335 g/mol. The standard InChI is InChI=1S/C12H17NO6S2/c1-4-18-11(14)9(3)13(12(15)19-5-2)21(16,17)10-7-6-8-20-10/h6-9H,4-5H2,1-3H3. The second-order valence-corrected chi connectivity index (χ2v) is 6.85. The van der Waals surface area contributed by atoms with Gasteiger partial charge in [0.15, 0.2) is 0 Å². The first kappa shape index (κ1) is 17.4. The number of hydrogen-bond acceptors (Lipinski definition) is 7. The van der Waals surface area contributed by atoms with Crippen LogP contribution in [-0.4, -0.2) is 44.0 Å². The summed E-state index contributed by atoms with van der Waals surface area (Å²) < 4.78 is 34.9. The summed E-state index contributed by atoms with van der Waals surface area (Å²) >= 11 is 0.947. The summed E-state index contributed by atoms with van der Waals surface area (Å²) in [6.45, 7) is 4.49. The quantitative estimate of drug-likeness (QED) is 0.737. The van der Waals surface area contributed by atoms with Crippen LogP contribution in [0.15, 0.2) is 21.7 Å². The van der Waals surface area contributed by atoms with Crippen molar-refractivity contribution in [2.24, 2.45) is 0 Å². The van der Waals surface area contributed by atoms with Crippen LogP contribution in [0.25, 0.3) is 0 Å². The predicted molar refractivity (Wildman–Crippen MR) is 76.5 cm³/mol. The molecule has 118 valence electrons. The fourth-order valence-electron chi connectivity index (χ4n) is 1.52. The molecule has 0 aliphatic heterocycles. The van der Waals surface area contributed by atoms with Gasteiger partial charge in [0.05, 0.1) is 13.2 Å². The number of carbonyl (C=O) groups is 2. The number of hydrogen-bond donors (Lipinski definition) is 0. The summed E-state index contributed by atoms with van der Waals surface area (Å²) in [7, 11) is -4.17. The Morgan fingerprint density at radius 1 is 1.29 bits per heavy atom. The molecule has 0 bridgehead atoms. The maximum absolute atomic E-state index is 12.5. The normalized spacial score (nSPS) is 12.5. The van der Waals surface area contributed by atoms with Gasteiger partial charge >= 0.3 is 12.1 Å². The Labute approximate surface area is 127 Å². The Kier molecular flexibility index (Phi) is 6.16. The highest BCUT2D eigenvalue weighted by Crippen LogP contribution is 2.24. The number of sulfonamides is 1. The summed E-state index contributed by atoms with van der Waals surface area (Å²) in [6, 6.07) is 1.58. The molecule has 0 saturated carbocycles. The van der Waals surface area contributed by atoms with Crippen LogP contribution < -0.4 is 0 Å². The first-order chi connectivity index (χ1) is 9.86. The largest absolute Gasteiger partial charge is 0.464 e. The number of thiophene rings is 1. The van der Waals surface area contributed by atoms with Gasteiger partial charge in [0.25, 0.3) is 10.0 Å². The fourth-order valence-corrected chi connectivity index (χ4v) is 4.06. The lowest BCUT2D eigenvalue weighted by atomic mass is 10.3.